The highest BCUT2D eigenvalue weighted by atomic mass is 19.4. The van der Waals surface area contributed by atoms with Crippen LogP contribution in [0.15, 0.2) is 29.5 Å². The average molecular weight is 409 g/mol. The van der Waals surface area contributed by atoms with E-state index in [-0.39, 0.29) is 27.9 Å². The minimum atomic E-state index is -4.65. The molecule has 0 saturated heterocycles. The summed E-state index contributed by atoms with van der Waals surface area (Å²) in [5.74, 6) is -1.53. The minimum absolute atomic E-state index is 0.0889. The molecule has 0 fully saturated rings. The van der Waals surface area contributed by atoms with Crippen LogP contribution in [0.2, 0.25) is 0 Å². The quantitative estimate of drug-likeness (QED) is 0.487. The molecule has 10 heteroatoms. The third-order valence-electron chi connectivity index (χ3n) is 4.49. The molecule has 154 valence electrons. The zero-order chi connectivity index (χ0) is 21.2. The molecule has 0 bridgehead atoms. The Bertz CT molecular complexity index is 1090. The van der Waals surface area contributed by atoms with Gasteiger partial charge >= 0.3 is 6.18 Å². The lowest BCUT2D eigenvalue weighted by Crippen LogP contribution is -2.21. The van der Waals surface area contributed by atoms with Gasteiger partial charge in [0, 0.05) is 19.8 Å². The number of nitrogens with zero attached hydrogens (tertiary/aromatic N) is 4. The van der Waals surface area contributed by atoms with Gasteiger partial charge in [-0.25, -0.2) is 19.3 Å². The maximum Gasteiger partial charge on any atom is 0.421 e. The molecule has 29 heavy (non-hydrogen) atoms. The number of hydrogen-bond acceptors (Lipinski definition) is 5. The summed E-state index contributed by atoms with van der Waals surface area (Å²) in [7, 11) is 1.28. The molecule has 3 aromatic rings. The predicted molar refractivity (Wildman–Crippen MR) is 101 cm³/mol. The molecule has 0 aliphatic carbocycles. The van der Waals surface area contributed by atoms with Crippen molar-refractivity contribution in [2.45, 2.75) is 38.9 Å². The molecule has 2 aromatic heterocycles. The fourth-order valence-electron chi connectivity index (χ4n) is 2.95. The van der Waals surface area contributed by atoms with Crippen molar-refractivity contribution < 1.29 is 17.6 Å². The minimum Gasteiger partial charge on any atom is -0.373 e. The fraction of sp³-hybridized carbons (Fsp3) is 0.368. The van der Waals surface area contributed by atoms with Crippen LogP contribution in [0.4, 0.5) is 23.4 Å². The Morgan fingerprint density at radius 3 is 2.59 bits per heavy atom. The van der Waals surface area contributed by atoms with Crippen LogP contribution in [0.5, 0.6) is 0 Å². The van der Waals surface area contributed by atoms with E-state index in [0.29, 0.717) is 12.7 Å². The van der Waals surface area contributed by atoms with E-state index in [2.05, 4.69) is 20.3 Å². The van der Waals surface area contributed by atoms with Crippen LogP contribution < -0.4 is 10.9 Å². The van der Waals surface area contributed by atoms with Crippen molar-refractivity contribution in [2.75, 3.05) is 12.4 Å². The summed E-state index contributed by atoms with van der Waals surface area (Å²) in [6.45, 7) is 2.52. The highest BCUT2D eigenvalue weighted by Gasteiger charge is 2.35. The highest BCUT2D eigenvalue weighted by Crippen LogP contribution is 2.34. The summed E-state index contributed by atoms with van der Waals surface area (Å²) in [6.07, 6.45) is 0.0808. The van der Waals surface area contributed by atoms with Crippen molar-refractivity contribution in [1.82, 2.24) is 19.5 Å². The molecule has 2 heterocycles. The zero-order valence-corrected chi connectivity index (χ0v) is 15.8. The van der Waals surface area contributed by atoms with E-state index in [9.17, 15) is 22.4 Å². The summed E-state index contributed by atoms with van der Waals surface area (Å²) < 4.78 is 55.1. The first-order chi connectivity index (χ1) is 13.8. The molecule has 0 atom stereocenters. The number of benzene rings is 1. The highest BCUT2D eigenvalue weighted by molar-refractivity contribution is 5.82. The van der Waals surface area contributed by atoms with Crippen LogP contribution in [-0.4, -0.2) is 26.6 Å². The molecule has 1 N–H and O–H groups in total. The van der Waals surface area contributed by atoms with Crippen LogP contribution >= 0.6 is 0 Å². The van der Waals surface area contributed by atoms with Crippen molar-refractivity contribution in [1.29, 1.82) is 0 Å². The maximum absolute atomic E-state index is 14.7. The van der Waals surface area contributed by atoms with E-state index in [1.165, 1.54) is 24.0 Å². The molecule has 3 rings (SSSR count). The van der Waals surface area contributed by atoms with Gasteiger partial charge in [0.1, 0.15) is 17.2 Å². The van der Waals surface area contributed by atoms with Gasteiger partial charge in [-0.1, -0.05) is 19.8 Å². The standard InChI is InChI=1S/C19H19F4N5O/c1-3-4-5-6-28-10-26-15-8-11(14(20)7-12(15)18(28)29)16-25-9-13(19(21,22)23)17(24-2)27-16/h7-10H,3-6H2,1-2H3,(H,24,25,27). The van der Waals surface area contributed by atoms with E-state index in [4.69, 9.17) is 0 Å². The van der Waals surface area contributed by atoms with E-state index >= 15 is 0 Å². The summed E-state index contributed by atoms with van der Waals surface area (Å²) in [4.78, 5) is 24.2. The Balaban J connectivity index is 2.06. The van der Waals surface area contributed by atoms with E-state index in [1.807, 2.05) is 6.92 Å². The van der Waals surface area contributed by atoms with Crippen LogP contribution in [0, 0.1) is 5.82 Å². The molecule has 0 unspecified atom stereocenters. The van der Waals surface area contributed by atoms with Gasteiger partial charge < -0.3 is 5.32 Å². The molecule has 0 radical (unpaired) electrons. The summed E-state index contributed by atoms with van der Waals surface area (Å²) in [5.41, 5.74) is -1.36. The lowest BCUT2D eigenvalue weighted by atomic mass is 10.1. The Morgan fingerprint density at radius 2 is 1.93 bits per heavy atom. The largest absolute Gasteiger partial charge is 0.421 e. The molecule has 0 aliphatic rings. The van der Waals surface area contributed by atoms with Gasteiger partial charge in [-0.05, 0) is 18.6 Å². The van der Waals surface area contributed by atoms with Crippen molar-refractivity contribution in [3.63, 3.8) is 0 Å². The third-order valence-corrected chi connectivity index (χ3v) is 4.49. The molecule has 0 saturated carbocycles. The smallest absolute Gasteiger partial charge is 0.373 e. The van der Waals surface area contributed by atoms with Crippen LogP contribution in [0.3, 0.4) is 0 Å². The molecular formula is C19H19F4N5O. The normalized spacial score (nSPS) is 11.8. The van der Waals surface area contributed by atoms with Gasteiger partial charge in [0.05, 0.1) is 22.8 Å². The summed E-state index contributed by atoms with van der Waals surface area (Å²) in [5, 5.41) is 2.44. The number of fused-ring (bicyclic) bond motifs is 1. The maximum atomic E-state index is 14.7. The Labute approximate surface area is 163 Å². The second kappa shape index (κ2) is 8.14. The number of unbranched alkanes of at least 4 members (excludes halogenated alkanes) is 2. The average Bonchev–Trinajstić information content (AvgIpc) is 2.68. The first-order valence-electron chi connectivity index (χ1n) is 9.07. The van der Waals surface area contributed by atoms with Gasteiger partial charge in [-0.3, -0.25) is 9.36 Å². The van der Waals surface area contributed by atoms with Crippen molar-refractivity contribution in [3.8, 4) is 11.4 Å². The molecule has 1 aromatic carbocycles. The Kier molecular flexibility index (Phi) is 5.81. The number of anilines is 1. The van der Waals surface area contributed by atoms with Gasteiger partial charge in [0.15, 0.2) is 5.82 Å². The Hall–Kier alpha value is -3.04. The number of halogens is 4. The first-order valence-corrected chi connectivity index (χ1v) is 9.07. The second-order valence-electron chi connectivity index (χ2n) is 6.50. The number of aromatic nitrogens is 4. The van der Waals surface area contributed by atoms with E-state index in [1.54, 1.807) is 0 Å². The van der Waals surface area contributed by atoms with Crippen LogP contribution in [-0.2, 0) is 12.7 Å². The van der Waals surface area contributed by atoms with Crippen molar-refractivity contribution in [2.24, 2.45) is 0 Å². The Morgan fingerprint density at radius 1 is 1.17 bits per heavy atom. The SMILES string of the molecule is CCCCCn1cnc2cc(-c3ncc(C(F)(F)F)c(NC)n3)c(F)cc2c1=O. The topological polar surface area (TPSA) is 72.7 Å². The van der Waals surface area contributed by atoms with Crippen molar-refractivity contribution in [3.05, 3.63) is 46.4 Å². The lowest BCUT2D eigenvalue weighted by Gasteiger charge is -2.13. The van der Waals surface area contributed by atoms with Crippen LogP contribution in [0.25, 0.3) is 22.3 Å². The number of alkyl halides is 3. The van der Waals surface area contributed by atoms with E-state index in [0.717, 1.165) is 25.3 Å². The van der Waals surface area contributed by atoms with Crippen molar-refractivity contribution >= 4 is 16.7 Å². The number of aryl methyl sites for hydroxylation is 1. The monoisotopic (exact) mass is 409 g/mol. The first kappa shape index (κ1) is 20.7. The van der Waals surface area contributed by atoms with Gasteiger partial charge in [-0.2, -0.15) is 13.2 Å². The summed E-state index contributed by atoms with van der Waals surface area (Å²) >= 11 is 0. The number of hydrogen-bond donors (Lipinski definition) is 1. The van der Waals surface area contributed by atoms with Gasteiger partial charge in [0.2, 0.25) is 0 Å². The van der Waals surface area contributed by atoms with E-state index < -0.39 is 23.4 Å². The molecule has 6 nitrogen and oxygen atoms in total. The second-order valence-corrected chi connectivity index (χ2v) is 6.50. The number of rotatable bonds is 6. The summed E-state index contributed by atoms with van der Waals surface area (Å²) in [6, 6.07) is 2.29. The van der Waals surface area contributed by atoms with Gasteiger partial charge in [-0.15, -0.1) is 0 Å². The van der Waals surface area contributed by atoms with Gasteiger partial charge in [0.25, 0.3) is 5.56 Å². The van der Waals surface area contributed by atoms with Crippen LogP contribution in [0.1, 0.15) is 31.7 Å². The predicted octanol–water partition coefficient (Wildman–Crippen LogP) is 4.24. The zero-order valence-electron chi connectivity index (χ0n) is 15.8. The molecule has 0 aliphatic heterocycles. The fourth-order valence-corrected chi connectivity index (χ4v) is 2.95. The lowest BCUT2D eigenvalue weighted by molar-refractivity contribution is -0.137. The molecular weight excluding hydrogens is 390 g/mol. The third kappa shape index (κ3) is 4.20. The molecule has 0 spiro atoms. The number of nitrogens with one attached hydrogen (secondary N) is 1. The molecule has 0 amide bonds.